The molecular formula is C12H27O2P. The van der Waals surface area contributed by atoms with Gasteiger partial charge in [0.1, 0.15) is 0 Å². The van der Waals surface area contributed by atoms with Crippen molar-refractivity contribution in [1.82, 2.24) is 0 Å². The van der Waals surface area contributed by atoms with Gasteiger partial charge in [0.2, 0.25) is 0 Å². The van der Waals surface area contributed by atoms with Gasteiger partial charge in [-0.2, -0.15) is 0 Å². The first-order valence-electron chi connectivity index (χ1n) is 6.24. The highest BCUT2D eigenvalue weighted by atomic mass is 31.2. The Morgan fingerprint density at radius 1 is 0.933 bits per heavy atom. The van der Waals surface area contributed by atoms with Crippen LogP contribution in [0.2, 0.25) is 0 Å². The number of hydrogen-bond donors (Lipinski definition) is 0. The molecule has 0 fully saturated rings. The van der Waals surface area contributed by atoms with Crippen molar-refractivity contribution in [2.75, 3.05) is 19.9 Å². The van der Waals surface area contributed by atoms with Gasteiger partial charge in [-0.15, -0.1) is 0 Å². The molecule has 0 aromatic rings. The Morgan fingerprint density at radius 2 is 1.40 bits per heavy atom. The van der Waals surface area contributed by atoms with Crippen molar-refractivity contribution in [3.8, 4) is 0 Å². The molecule has 2 nitrogen and oxygen atoms in total. The van der Waals surface area contributed by atoms with Crippen LogP contribution in [-0.2, 0) is 9.09 Å². The average Bonchev–Trinajstić information content (AvgIpc) is 2.22. The highest BCUT2D eigenvalue weighted by molar-refractivity contribution is 7.58. The first kappa shape index (κ1) is 15.2. The lowest BCUT2D eigenvalue weighted by Crippen LogP contribution is -1.90. The van der Waals surface area contributed by atoms with E-state index in [-0.39, 0.29) is 0 Å². The molecule has 0 rings (SSSR count). The summed E-state index contributed by atoms with van der Waals surface area (Å²) in [7, 11) is -0.692. The maximum absolute atomic E-state index is 11.5. The lowest BCUT2D eigenvalue weighted by atomic mass is 10.1. The van der Waals surface area contributed by atoms with Gasteiger partial charge in [0.25, 0.3) is 0 Å². The zero-order valence-corrected chi connectivity index (χ0v) is 11.5. The Bertz CT molecular complexity index is 180. The molecule has 0 saturated heterocycles. The molecule has 0 aromatic carbocycles. The van der Waals surface area contributed by atoms with Crippen LogP contribution in [0.3, 0.4) is 0 Å². The molecule has 92 valence electrons. The summed E-state index contributed by atoms with van der Waals surface area (Å²) in [6.07, 6.45) is 11.0. The van der Waals surface area contributed by atoms with Crippen molar-refractivity contribution in [3.05, 3.63) is 0 Å². The first-order chi connectivity index (χ1) is 7.12. The van der Waals surface area contributed by atoms with E-state index in [1.54, 1.807) is 13.8 Å². The molecule has 3 heteroatoms. The standard InChI is InChI=1S/C12H27O2P/c1-4-5-6-7-8-9-10-11-12-15(3,13)14-2/h4-12H2,1-3H3. The van der Waals surface area contributed by atoms with Gasteiger partial charge in [-0.1, -0.05) is 51.9 Å². The summed E-state index contributed by atoms with van der Waals surface area (Å²) in [6, 6.07) is 0. The van der Waals surface area contributed by atoms with Gasteiger partial charge < -0.3 is 4.52 Å². The third-order valence-electron chi connectivity index (χ3n) is 2.80. The molecule has 0 aliphatic heterocycles. The Labute approximate surface area is 95.2 Å². The average molecular weight is 234 g/mol. The Kier molecular flexibility index (Phi) is 9.54. The van der Waals surface area contributed by atoms with Crippen LogP contribution in [0.1, 0.15) is 58.3 Å². The zero-order chi connectivity index (χ0) is 11.6. The molecule has 0 saturated carbocycles. The van der Waals surface area contributed by atoms with Crippen molar-refractivity contribution >= 4 is 7.37 Å². The van der Waals surface area contributed by atoms with Crippen molar-refractivity contribution in [1.29, 1.82) is 0 Å². The van der Waals surface area contributed by atoms with Crippen LogP contribution in [0.25, 0.3) is 0 Å². The summed E-state index contributed by atoms with van der Waals surface area (Å²) < 4.78 is 16.5. The normalized spacial score (nSPS) is 15.1. The minimum Gasteiger partial charge on any atom is -0.332 e. The third kappa shape index (κ3) is 10.5. The summed E-state index contributed by atoms with van der Waals surface area (Å²) in [4.78, 5) is 0. The summed E-state index contributed by atoms with van der Waals surface area (Å²) in [5, 5.41) is 0. The van der Waals surface area contributed by atoms with Crippen LogP contribution >= 0.6 is 7.37 Å². The van der Waals surface area contributed by atoms with E-state index in [4.69, 9.17) is 4.52 Å². The summed E-state index contributed by atoms with van der Waals surface area (Å²) in [5.41, 5.74) is 0. The maximum atomic E-state index is 11.5. The zero-order valence-electron chi connectivity index (χ0n) is 10.6. The lowest BCUT2D eigenvalue weighted by molar-refractivity contribution is 0.396. The van der Waals surface area contributed by atoms with Crippen molar-refractivity contribution < 1.29 is 9.09 Å². The predicted molar refractivity (Wildman–Crippen MR) is 68.0 cm³/mol. The van der Waals surface area contributed by atoms with Crippen LogP contribution in [0.5, 0.6) is 0 Å². The molecule has 1 atom stereocenters. The number of unbranched alkanes of at least 4 members (excludes halogenated alkanes) is 7. The van der Waals surface area contributed by atoms with E-state index in [1.165, 1.54) is 44.9 Å². The van der Waals surface area contributed by atoms with E-state index < -0.39 is 7.37 Å². The molecule has 0 aromatic heterocycles. The molecule has 0 bridgehead atoms. The Morgan fingerprint density at radius 3 is 1.87 bits per heavy atom. The molecule has 0 amide bonds. The fourth-order valence-electron chi connectivity index (χ4n) is 1.62. The van der Waals surface area contributed by atoms with Crippen LogP contribution in [0.15, 0.2) is 0 Å². The van der Waals surface area contributed by atoms with Crippen molar-refractivity contribution in [2.24, 2.45) is 0 Å². The van der Waals surface area contributed by atoms with Crippen LogP contribution in [0.4, 0.5) is 0 Å². The SMILES string of the molecule is CCCCCCCCCCP(C)(=O)OC. The summed E-state index contributed by atoms with van der Waals surface area (Å²) in [6.45, 7) is 3.97. The first-order valence-corrected chi connectivity index (χ1v) is 8.50. The molecule has 0 N–H and O–H groups in total. The van der Waals surface area contributed by atoms with E-state index in [1.807, 2.05) is 0 Å². The Hall–Kier alpha value is 0.190. The fourth-order valence-corrected chi connectivity index (χ4v) is 2.60. The monoisotopic (exact) mass is 234 g/mol. The van der Waals surface area contributed by atoms with E-state index >= 15 is 0 Å². The second-order valence-corrected chi connectivity index (χ2v) is 7.24. The predicted octanol–water partition coefficient (Wildman–Crippen LogP) is 4.68. The molecular weight excluding hydrogens is 207 g/mol. The lowest BCUT2D eigenvalue weighted by Gasteiger charge is -2.09. The molecule has 15 heavy (non-hydrogen) atoms. The highest BCUT2D eigenvalue weighted by Gasteiger charge is 2.11. The van der Waals surface area contributed by atoms with Gasteiger partial charge in [0.05, 0.1) is 0 Å². The van der Waals surface area contributed by atoms with Gasteiger partial charge in [0, 0.05) is 19.9 Å². The van der Waals surface area contributed by atoms with E-state index in [9.17, 15) is 4.57 Å². The van der Waals surface area contributed by atoms with Gasteiger partial charge in [-0.25, -0.2) is 0 Å². The van der Waals surface area contributed by atoms with Gasteiger partial charge in [-0.3, -0.25) is 4.57 Å². The van der Waals surface area contributed by atoms with Gasteiger partial charge in [0.15, 0.2) is 7.37 Å². The molecule has 0 spiro atoms. The topological polar surface area (TPSA) is 26.3 Å². The van der Waals surface area contributed by atoms with Gasteiger partial charge in [-0.05, 0) is 6.42 Å². The van der Waals surface area contributed by atoms with Crippen molar-refractivity contribution in [3.63, 3.8) is 0 Å². The molecule has 1 unspecified atom stereocenters. The molecule has 0 aliphatic carbocycles. The van der Waals surface area contributed by atoms with Crippen LogP contribution in [-0.4, -0.2) is 19.9 Å². The number of hydrogen-bond acceptors (Lipinski definition) is 2. The smallest absolute Gasteiger partial charge is 0.199 e. The van der Waals surface area contributed by atoms with Gasteiger partial charge >= 0.3 is 0 Å². The third-order valence-corrected chi connectivity index (χ3v) is 4.71. The highest BCUT2D eigenvalue weighted by Crippen LogP contribution is 2.42. The molecule has 0 radical (unpaired) electrons. The van der Waals surface area contributed by atoms with E-state index in [2.05, 4.69) is 6.92 Å². The van der Waals surface area contributed by atoms with E-state index in [0.717, 1.165) is 12.6 Å². The van der Waals surface area contributed by atoms with Crippen LogP contribution < -0.4 is 0 Å². The van der Waals surface area contributed by atoms with E-state index in [0.29, 0.717) is 0 Å². The largest absolute Gasteiger partial charge is 0.332 e. The quantitative estimate of drug-likeness (QED) is 0.405. The summed E-state index contributed by atoms with van der Waals surface area (Å²) >= 11 is 0. The van der Waals surface area contributed by atoms with Crippen LogP contribution in [0, 0.1) is 0 Å². The second-order valence-electron chi connectivity index (χ2n) is 4.40. The minimum absolute atomic E-state index is 0.748. The van der Waals surface area contributed by atoms with Crippen molar-refractivity contribution in [2.45, 2.75) is 58.3 Å². The fraction of sp³-hybridized carbons (Fsp3) is 1.00. The second kappa shape index (κ2) is 9.42. The molecule has 0 aliphatic rings. The molecule has 0 heterocycles. The number of rotatable bonds is 10. The Balaban J connectivity index is 3.15. The summed E-state index contributed by atoms with van der Waals surface area (Å²) in [5.74, 6) is 0. The maximum Gasteiger partial charge on any atom is 0.199 e. The minimum atomic E-state index is -2.24.